The summed E-state index contributed by atoms with van der Waals surface area (Å²) in [5.41, 5.74) is 3.37. The van der Waals surface area contributed by atoms with Crippen molar-refractivity contribution in [2.45, 2.75) is 13.5 Å². The molecule has 5 nitrogen and oxygen atoms in total. The third-order valence-electron chi connectivity index (χ3n) is 4.78. The molecule has 0 atom stereocenters. The smallest absolute Gasteiger partial charge is 0.266 e. The molecule has 1 aliphatic heterocycles. The Kier molecular flexibility index (Phi) is 6.24. The average molecular weight is 360 g/mol. The van der Waals surface area contributed by atoms with E-state index in [4.69, 9.17) is 0 Å². The van der Waals surface area contributed by atoms with Gasteiger partial charge in [-0.15, -0.1) is 0 Å². The van der Waals surface area contributed by atoms with E-state index in [1.54, 1.807) is 4.90 Å². The van der Waals surface area contributed by atoms with Crippen molar-refractivity contribution in [1.82, 2.24) is 9.80 Å². The number of carbonyl (C=O) groups excluding carboxylic acids is 1. The SMILES string of the molecule is Cc1ccccc1N/C=C(/C#N)C(=O)N1CCN(Cc2ccccc2)CC1. The molecule has 1 fully saturated rings. The van der Waals surface area contributed by atoms with E-state index in [1.165, 1.54) is 11.8 Å². The summed E-state index contributed by atoms with van der Waals surface area (Å²) in [6.07, 6.45) is 1.51. The molecule has 1 N–H and O–H groups in total. The molecule has 1 amide bonds. The molecule has 27 heavy (non-hydrogen) atoms. The van der Waals surface area contributed by atoms with E-state index >= 15 is 0 Å². The number of rotatable bonds is 5. The van der Waals surface area contributed by atoms with Crippen molar-refractivity contribution in [1.29, 1.82) is 5.26 Å². The highest BCUT2D eigenvalue weighted by molar-refractivity contribution is 5.97. The Balaban J connectivity index is 1.56. The van der Waals surface area contributed by atoms with Gasteiger partial charge in [-0.3, -0.25) is 9.69 Å². The Hall–Kier alpha value is -3.10. The van der Waals surface area contributed by atoms with Crippen molar-refractivity contribution in [3.63, 3.8) is 0 Å². The molecular weight excluding hydrogens is 336 g/mol. The monoisotopic (exact) mass is 360 g/mol. The Labute approximate surface area is 160 Å². The number of amides is 1. The number of benzene rings is 2. The van der Waals surface area contributed by atoms with Gasteiger partial charge >= 0.3 is 0 Å². The first-order valence-corrected chi connectivity index (χ1v) is 9.15. The van der Waals surface area contributed by atoms with Crippen molar-refractivity contribution in [2.75, 3.05) is 31.5 Å². The predicted molar refractivity (Wildman–Crippen MR) is 107 cm³/mol. The molecule has 0 radical (unpaired) electrons. The fourth-order valence-corrected chi connectivity index (χ4v) is 3.15. The first-order valence-electron chi connectivity index (χ1n) is 9.15. The number of anilines is 1. The molecule has 2 aromatic rings. The zero-order valence-corrected chi connectivity index (χ0v) is 15.6. The normalized spacial score (nSPS) is 15.3. The molecule has 1 aliphatic rings. The Bertz CT molecular complexity index is 846. The molecule has 0 unspecified atom stereocenters. The number of hydrogen-bond acceptors (Lipinski definition) is 4. The van der Waals surface area contributed by atoms with Gasteiger partial charge < -0.3 is 10.2 Å². The maximum atomic E-state index is 12.7. The van der Waals surface area contributed by atoms with Crippen molar-refractivity contribution >= 4 is 11.6 Å². The molecule has 0 spiro atoms. The molecule has 0 saturated carbocycles. The van der Waals surface area contributed by atoms with Gasteiger partial charge in [-0.2, -0.15) is 5.26 Å². The summed E-state index contributed by atoms with van der Waals surface area (Å²) < 4.78 is 0. The highest BCUT2D eigenvalue weighted by atomic mass is 16.2. The summed E-state index contributed by atoms with van der Waals surface area (Å²) in [4.78, 5) is 16.8. The lowest BCUT2D eigenvalue weighted by atomic mass is 10.2. The molecular formula is C22H24N4O. The minimum absolute atomic E-state index is 0.134. The Morgan fingerprint density at radius 1 is 1.07 bits per heavy atom. The first-order chi connectivity index (χ1) is 13.2. The van der Waals surface area contributed by atoms with Crippen LogP contribution >= 0.6 is 0 Å². The summed E-state index contributed by atoms with van der Waals surface area (Å²) in [5, 5.41) is 12.5. The average Bonchev–Trinajstić information content (AvgIpc) is 2.71. The van der Waals surface area contributed by atoms with Crippen molar-refractivity contribution in [3.8, 4) is 6.07 Å². The molecule has 5 heteroatoms. The van der Waals surface area contributed by atoms with E-state index in [2.05, 4.69) is 22.3 Å². The van der Waals surface area contributed by atoms with E-state index < -0.39 is 0 Å². The minimum atomic E-state index is -0.210. The topological polar surface area (TPSA) is 59.4 Å². The van der Waals surface area contributed by atoms with Crippen LogP contribution in [0.15, 0.2) is 66.4 Å². The summed E-state index contributed by atoms with van der Waals surface area (Å²) in [6, 6.07) is 20.1. The number of para-hydroxylation sites is 1. The van der Waals surface area contributed by atoms with Gasteiger partial charge in [0.15, 0.2) is 0 Å². The first kappa shape index (κ1) is 18.7. The van der Waals surface area contributed by atoms with Gasteiger partial charge in [0.05, 0.1) is 0 Å². The van der Waals surface area contributed by atoms with Crippen LogP contribution in [0.3, 0.4) is 0 Å². The molecule has 1 saturated heterocycles. The standard InChI is InChI=1S/C22H24N4O/c1-18-7-5-6-10-21(18)24-16-20(15-23)22(27)26-13-11-25(12-14-26)17-19-8-3-2-4-9-19/h2-10,16,24H,11-14,17H2,1H3/b20-16-. The van der Waals surface area contributed by atoms with Gasteiger partial charge in [0.1, 0.15) is 11.6 Å². The van der Waals surface area contributed by atoms with Crippen LogP contribution in [0.1, 0.15) is 11.1 Å². The van der Waals surface area contributed by atoms with Crippen LogP contribution in [0.25, 0.3) is 0 Å². The fraction of sp³-hybridized carbons (Fsp3) is 0.273. The molecule has 0 bridgehead atoms. The van der Waals surface area contributed by atoms with E-state index in [9.17, 15) is 10.1 Å². The summed E-state index contributed by atoms with van der Waals surface area (Å²) in [5.74, 6) is -0.210. The zero-order chi connectivity index (χ0) is 19.1. The van der Waals surface area contributed by atoms with Gasteiger partial charge in [-0.25, -0.2) is 0 Å². The van der Waals surface area contributed by atoms with E-state index in [1.807, 2.05) is 55.5 Å². The third kappa shape index (κ3) is 4.96. The molecule has 138 valence electrons. The highest BCUT2D eigenvalue weighted by Gasteiger charge is 2.23. The maximum absolute atomic E-state index is 12.7. The lowest BCUT2D eigenvalue weighted by Gasteiger charge is -2.34. The van der Waals surface area contributed by atoms with Gasteiger partial charge in [0.2, 0.25) is 0 Å². The molecule has 0 aliphatic carbocycles. The van der Waals surface area contributed by atoms with Crippen LogP contribution < -0.4 is 5.32 Å². The van der Waals surface area contributed by atoms with Crippen LogP contribution in [0.2, 0.25) is 0 Å². The fourth-order valence-electron chi connectivity index (χ4n) is 3.15. The number of nitriles is 1. The second-order valence-electron chi connectivity index (χ2n) is 6.68. The van der Waals surface area contributed by atoms with Crippen molar-refractivity contribution in [2.24, 2.45) is 0 Å². The molecule has 1 heterocycles. The number of nitrogens with one attached hydrogen (secondary N) is 1. The third-order valence-corrected chi connectivity index (χ3v) is 4.78. The molecule has 0 aromatic heterocycles. The van der Waals surface area contributed by atoms with Crippen LogP contribution in [-0.2, 0) is 11.3 Å². The summed E-state index contributed by atoms with van der Waals surface area (Å²) in [6.45, 7) is 5.76. The number of aryl methyl sites for hydroxylation is 1. The predicted octanol–water partition coefficient (Wildman–Crippen LogP) is 3.16. The summed E-state index contributed by atoms with van der Waals surface area (Å²) in [7, 11) is 0. The van der Waals surface area contributed by atoms with Crippen LogP contribution in [0, 0.1) is 18.3 Å². The zero-order valence-electron chi connectivity index (χ0n) is 15.6. The van der Waals surface area contributed by atoms with Gasteiger partial charge in [0, 0.05) is 44.6 Å². The highest BCUT2D eigenvalue weighted by Crippen LogP contribution is 2.15. The van der Waals surface area contributed by atoms with Crippen LogP contribution in [-0.4, -0.2) is 41.9 Å². The van der Waals surface area contributed by atoms with Crippen molar-refractivity contribution < 1.29 is 4.79 Å². The second-order valence-corrected chi connectivity index (χ2v) is 6.68. The second kappa shape index (κ2) is 9.02. The van der Waals surface area contributed by atoms with Crippen molar-refractivity contribution in [3.05, 3.63) is 77.5 Å². The van der Waals surface area contributed by atoms with E-state index in [-0.39, 0.29) is 11.5 Å². The van der Waals surface area contributed by atoms with Gasteiger partial charge in [0.25, 0.3) is 5.91 Å². The van der Waals surface area contributed by atoms with Crippen LogP contribution in [0.4, 0.5) is 5.69 Å². The largest absolute Gasteiger partial charge is 0.360 e. The van der Waals surface area contributed by atoms with E-state index in [0.717, 1.165) is 30.9 Å². The summed E-state index contributed by atoms with van der Waals surface area (Å²) >= 11 is 0. The number of carbonyl (C=O) groups is 1. The van der Waals surface area contributed by atoms with E-state index in [0.29, 0.717) is 13.1 Å². The number of piperazine rings is 1. The number of hydrogen-bond donors (Lipinski definition) is 1. The van der Waals surface area contributed by atoms with Crippen LogP contribution in [0.5, 0.6) is 0 Å². The molecule has 2 aromatic carbocycles. The maximum Gasteiger partial charge on any atom is 0.266 e. The lowest BCUT2D eigenvalue weighted by molar-refractivity contribution is -0.128. The Morgan fingerprint density at radius 2 is 1.74 bits per heavy atom. The van der Waals surface area contributed by atoms with Gasteiger partial charge in [-0.05, 0) is 24.1 Å². The lowest BCUT2D eigenvalue weighted by Crippen LogP contribution is -2.48. The quantitative estimate of drug-likeness (QED) is 0.657. The van der Waals surface area contributed by atoms with Gasteiger partial charge in [-0.1, -0.05) is 48.5 Å². The molecule has 3 rings (SSSR count). The number of nitrogens with zero attached hydrogens (tertiary/aromatic N) is 3. The minimum Gasteiger partial charge on any atom is -0.360 e. The Morgan fingerprint density at radius 3 is 2.41 bits per heavy atom.